The SMILES string of the molecule is COc1ncc(C2CN(C(C)C(=O)Nc3ccc(Oc4ccc(F)cc4)cn3)CCC2(F)F)cc1C1OCCCO1. The second-order valence-electron chi connectivity index (χ2n) is 9.95. The maximum Gasteiger partial charge on any atom is 0.257 e. The fourth-order valence-corrected chi connectivity index (χ4v) is 4.86. The lowest BCUT2D eigenvalue weighted by Gasteiger charge is -2.41. The number of carbonyl (C=O) groups is 1. The third-order valence-corrected chi connectivity index (χ3v) is 7.20. The van der Waals surface area contributed by atoms with E-state index in [4.69, 9.17) is 18.9 Å². The van der Waals surface area contributed by atoms with Gasteiger partial charge >= 0.3 is 0 Å². The first-order valence-corrected chi connectivity index (χ1v) is 13.3. The number of likely N-dealkylation sites (tertiary alicyclic amines) is 1. The topological polar surface area (TPSA) is 95.0 Å². The Kier molecular flexibility index (Phi) is 8.71. The molecule has 3 aromatic rings. The van der Waals surface area contributed by atoms with Crippen molar-refractivity contribution in [1.29, 1.82) is 0 Å². The van der Waals surface area contributed by atoms with Gasteiger partial charge in [0.15, 0.2) is 6.29 Å². The highest BCUT2D eigenvalue weighted by Crippen LogP contribution is 2.42. The molecular weight excluding hydrogens is 541 g/mol. The van der Waals surface area contributed by atoms with Crippen LogP contribution in [0, 0.1) is 5.82 Å². The summed E-state index contributed by atoms with van der Waals surface area (Å²) in [6.45, 7) is 2.62. The molecule has 0 spiro atoms. The van der Waals surface area contributed by atoms with Crippen LogP contribution in [0.15, 0.2) is 54.9 Å². The molecule has 12 heteroatoms. The number of hydrogen-bond acceptors (Lipinski definition) is 8. The van der Waals surface area contributed by atoms with E-state index in [-0.39, 0.29) is 36.5 Å². The molecule has 218 valence electrons. The Morgan fingerprint density at radius 1 is 1.10 bits per heavy atom. The average Bonchev–Trinajstić information content (AvgIpc) is 2.99. The van der Waals surface area contributed by atoms with Crippen LogP contribution < -0.4 is 14.8 Å². The van der Waals surface area contributed by atoms with Crippen LogP contribution in [0.2, 0.25) is 0 Å². The summed E-state index contributed by atoms with van der Waals surface area (Å²) >= 11 is 0. The van der Waals surface area contributed by atoms with Crippen molar-refractivity contribution >= 4 is 11.7 Å². The van der Waals surface area contributed by atoms with Gasteiger partial charge in [0, 0.05) is 25.7 Å². The van der Waals surface area contributed by atoms with Crippen LogP contribution in [0.5, 0.6) is 17.4 Å². The van der Waals surface area contributed by atoms with E-state index in [1.54, 1.807) is 30.0 Å². The number of alkyl halides is 2. The minimum absolute atomic E-state index is 0.0429. The Labute approximate surface area is 235 Å². The Balaban J connectivity index is 1.25. The number of nitrogens with zero attached hydrogens (tertiary/aromatic N) is 3. The summed E-state index contributed by atoms with van der Waals surface area (Å²) in [5.74, 6) is -3.58. The Morgan fingerprint density at radius 3 is 2.51 bits per heavy atom. The molecule has 0 radical (unpaired) electrons. The first-order chi connectivity index (χ1) is 19.7. The number of aromatic nitrogens is 2. The number of anilines is 1. The molecule has 2 unspecified atom stereocenters. The molecule has 1 aromatic carbocycles. The van der Waals surface area contributed by atoms with Gasteiger partial charge in [-0.25, -0.2) is 23.1 Å². The van der Waals surface area contributed by atoms with E-state index >= 15 is 8.78 Å². The first-order valence-electron chi connectivity index (χ1n) is 13.3. The van der Waals surface area contributed by atoms with Crippen LogP contribution >= 0.6 is 0 Å². The smallest absolute Gasteiger partial charge is 0.257 e. The second-order valence-corrected chi connectivity index (χ2v) is 9.95. The maximum absolute atomic E-state index is 15.2. The van der Waals surface area contributed by atoms with E-state index in [9.17, 15) is 9.18 Å². The molecule has 0 saturated carbocycles. The largest absolute Gasteiger partial charge is 0.481 e. The highest BCUT2D eigenvalue weighted by atomic mass is 19.3. The van der Waals surface area contributed by atoms with Crippen LogP contribution in [0.4, 0.5) is 19.0 Å². The van der Waals surface area contributed by atoms with Crippen molar-refractivity contribution < 1.29 is 36.9 Å². The Hall–Kier alpha value is -3.74. The molecule has 1 amide bonds. The van der Waals surface area contributed by atoms with Gasteiger partial charge in [-0.15, -0.1) is 0 Å². The highest BCUT2D eigenvalue weighted by molar-refractivity contribution is 5.93. The third-order valence-electron chi connectivity index (χ3n) is 7.20. The van der Waals surface area contributed by atoms with E-state index in [0.29, 0.717) is 35.8 Å². The zero-order valence-corrected chi connectivity index (χ0v) is 22.7. The molecule has 2 aromatic heterocycles. The van der Waals surface area contributed by atoms with Crippen LogP contribution in [-0.4, -0.2) is 66.2 Å². The van der Waals surface area contributed by atoms with Crippen molar-refractivity contribution in [1.82, 2.24) is 14.9 Å². The standard InChI is InChI=1S/C29H31F3N4O5/c1-18(26(37)35-25-9-8-22(16-33-25)41-21-6-4-20(30)5-7-21)36-11-10-29(31,32)24(17-36)19-14-23(27(38-2)34-15-19)28-39-12-3-13-40-28/h4-9,14-16,18,24,28H,3,10-13,17H2,1-2H3,(H,33,35,37). The fourth-order valence-electron chi connectivity index (χ4n) is 4.86. The zero-order chi connectivity index (χ0) is 29.0. The maximum atomic E-state index is 15.2. The quantitative estimate of drug-likeness (QED) is 0.389. The molecule has 1 N–H and O–H groups in total. The lowest BCUT2D eigenvalue weighted by atomic mass is 9.86. The van der Waals surface area contributed by atoms with Gasteiger partial charge in [0.2, 0.25) is 11.8 Å². The summed E-state index contributed by atoms with van der Waals surface area (Å²) in [4.78, 5) is 23.2. The molecule has 41 heavy (non-hydrogen) atoms. The number of hydrogen-bond donors (Lipinski definition) is 1. The van der Waals surface area contributed by atoms with Gasteiger partial charge in [0.1, 0.15) is 23.1 Å². The minimum Gasteiger partial charge on any atom is -0.481 e. The van der Waals surface area contributed by atoms with Crippen molar-refractivity contribution in [2.75, 3.05) is 38.7 Å². The van der Waals surface area contributed by atoms with E-state index in [0.717, 1.165) is 6.42 Å². The van der Waals surface area contributed by atoms with Crippen LogP contribution in [0.1, 0.15) is 43.1 Å². The van der Waals surface area contributed by atoms with Crippen molar-refractivity contribution in [2.45, 2.75) is 43.9 Å². The predicted molar refractivity (Wildman–Crippen MR) is 143 cm³/mol. The normalized spacial score (nSPS) is 20.3. The van der Waals surface area contributed by atoms with Gasteiger partial charge in [-0.2, -0.15) is 0 Å². The molecule has 0 bridgehead atoms. The lowest BCUT2D eigenvalue weighted by molar-refractivity contribution is -0.183. The predicted octanol–water partition coefficient (Wildman–Crippen LogP) is 5.30. The second kappa shape index (κ2) is 12.4. The fraction of sp³-hybridized carbons (Fsp3) is 0.414. The van der Waals surface area contributed by atoms with Gasteiger partial charge in [0.25, 0.3) is 5.92 Å². The summed E-state index contributed by atoms with van der Waals surface area (Å²) in [7, 11) is 1.45. The first kappa shape index (κ1) is 28.8. The van der Waals surface area contributed by atoms with Gasteiger partial charge in [-0.3, -0.25) is 9.69 Å². The molecule has 2 aliphatic heterocycles. The number of carbonyl (C=O) groups excluding carboxylic acids is 1. The number of benzene rings is 1. The lowest BCUT2D eigenvalue weighted by Crippen LogP contribution is -2.52. The Morgan fingerprint density at radius 2 is 1.83 bits per heavy atom. The molecular formula is C29H31F3N4O5. The molecule has 9 nitrogen and oxygen atoms in total. The molecule has 4 heterocycles. The molecule has 2 saturated heterocycles. The average molecular weight is 573 g/mol. The molecule has 2 aliphatic rings. The van der Waals surface area contributed by atoms with E-state index < -0.39 is 30.6 Å². The number of rotatable bonds is 8. The number of piperidine rings is 1. The van der Waals surface area contributed by atoms with Crippen molar-refractivity contribution in [2.24, 2.45) is 0 Å². The number of amides is 1. The summed E-state index contributed by atoms with van der Waals surface area (Å²) < 4.78 is 65.8. The molecule has 0 aliphatic carbocycles. The number of pyridine rings is 2. The molecule has 5 rings (SSSR count). The summed E-state index contributed by atoms with van der Waals surface area (Å²) in [6.07, 6.45) is 2.39. The third kappa shape index (κ3) is 6.77. The van der Waals surface area contributed by atoms with Gasteiger partial charge in [-0.1, -0.05) is 0 Å². The van der Waals surface area contributed by atoms with Crippen molar-refractivity contribution in [3.05, 3.63) is 71.8 Å². The summed E-state index contributed by atoms with van der Waals surface area (Å²) in [5.41, 5.74) is 0.778. The van der Waals surface area contributed by atoms with Gasteiger partial charge < -0.3 is 24.3 Å². The van der Waals surface area contributed by atoms with Crippen LogP contribution in [0.3, 0.4) is 0 Å². The van der Waals surface area contributed by atoms with E-state index in [1.807, 2.05) is 0 Å². The molecule has 2 fully saturated rings. The summed E-state index contributed by atoms with van der Waals surface area (Å²) in [6, 6.07) is 9.62. The zero-order valence-electron chi connectivity index (χ0n) is 22.7. The van der Waals surface area contributed by atoms with E-state index in [1.165, 1.54) is 43.8 Å². The summed E-state index contributed by atoms with van der Waals surface area (Å²) in [5, 5.41) is 2.73. The van der Waals surface area contributed by atoms with Crippen molar-refractivity contribution in [3.8, 4) is 17.4 Å². The number of nitrogens with one attached hydrogen (secondary N) is 1. The van der Waals surface area contributed by atoms with Gasteiger partial charge in [-0.05, 0) is 61.4 Å². The number of halogens is 3. The van der Waals surface area contributed by atoms with Crippen LogP contribution in [0.25, 0.3) is 0 Å². The number of methoxy groups -OCH3 is 1. The van der Waals surface area contributed by atoms with Gasteiger partial charge in [0.05, 0.1) is 44.0 Å². The minimum atomic E-state index is -3.00. The van der Waals surface area contributed by atoms with E-state index in [2.05, 4.69) is 15.3 Å². The van der Waals surface area contributed by atoms with Crippen LogP contribution in [-0.2, 0) is 14.3 Å². The molecule has 2 atom stereocenters. The monoisotopic (exact) mass is 572 g/mol. The van der Waals surface area contributed by atoms with Crippen molar-refractivity contribution in [3.63, 3.8) is 0 Å². The highest BCUT2D eigenvalue weighted by Gasteiger charge is 2.47. The Bertz CT molecular complexity index is 1340. The number of ether oxygens (including phenoxy) is 4.